The zero-order chi connectivity index (χ0) is 15.8. The molecule has 0 saturated carbocycles. The lowest BCUT2D eigenvalue weighted by atomic mass is 10.1. The van der Waals surface area contributed by atoms with Crippen LogP contribution in [-0.4, -0.2) is 19.6 Å². The summed E-state index contributed by atoms with van der Waals surface area (Å²) in [6.07, 6.45) is 3.54. The van der Waals surface area contributed by atoms with Crippen LogP contribution in [0.1, 0.15) is 0 Å². The van der Waals surface area contributed by atoms with E-state index in [0.29, 0.717) is 11.5 Å². The van der Waals surface area contributed by atoms with E-state index >= 15 is 0 Å². The summed E-state index contributed by atoms with van der Waals surface area (Å²) in [7, 11) is 0. The van der Waals surface area contributed by atoms with Gasteiger partial charge in [-0.25, -0.2) is 13.9 Å². The van der Waals surface area contributed by atoms with Crippen LogP contribution in [-0.2, 0) is 0 Å². The minimum atomic E-state index is -0.418. The van der Waals surface area contributed by atoms with Gasteiger partial charge in [0.1, 0.15) is 5.82 Å². The van der Waals surface area contributed by atoms with Crippen LogP contribution in [0.5, 0.6) is 0 Å². The molecular weight excluding hydrogens is 293 g/mol. The maximum atomic E-state index is 14.0. The lowest BCUT2D eigenvalue weighted by molar-refractivity contribution is 0.630. The van der Waals surface area contributed by atoms with E-state index in [-0.39, 0.29) is 11.4 Å². The first-order valence-corrected chi connectivity index (χ1v) is 7.04. The molecule has 2 aromatic carbocycles. The third-order valence-corrected chi connectivity index (χ3v) is 3.53. The van der Waals surface area contributed by atoms with Crippen LogP contribution in [0, 0.1) is 5.82 Å². The van der Waals surface area contributed by atoms with Crippen molar-refractivity contribution >= 4 is 11.5 Å². The van der Waals surface area contributed by atoms with Gasteiger partial charge < -0.3 is 5.73 Å². The first-order chi connectivity index (χ1) is 11.2. The average molecular weight is 305 g/mol. The summed E-state index contributed by atoms with van der Waals surface area (Å²) in [6, 6.07) is 14.1. The zero-order valence-electron chi connectivity index (χ0n) is 12.0. The van der Waals surface area contributed by atoms with Crippen LogP contribution in [0.25, 0.3) is 28.3 Å². The summed E-state index contributed by atoms with van der Waals surface area (Å²) in [6.45, 7) is 0. The number of anilines is 1. The Morgan fingerprint density at radius 1 is 1.00 bits per heavy atom. The fraction of sp³-hybridized carbons (Fsp3) is 0. The minimum absolute atomic E-state index is 0.257. The molecule has 0 aliphatic heterocycles. The van der Waals surface area contributed by atoms with E-state index < -0.39 is 5.82 Å². The summed E-state index contributed by atoms with van der Waals surface area (Å²) in [5.74, 6) is 0.243. The molecule has 2 heterocycles. The molecular formula is C17H12FN5. The molecule has 0 unspecified atom stereocenters. The summed E-state index contributed by atoms with van der Waals surface area (Å²) >= 11 is 0. The van der Waals surface area contributed by atoms with Crippen LogP contribution in [0.4, 0.5) is 10.1 Å². The molecule has 0 radical (unpaired) electrons. The molecule has 0 fully saturated rings. The maximum absolute atomic E-state index is 14.0. The van der Waals surface area contributed by atoms with Crippen molar-refractivity contribution in [3.63, 3.8) is 0 Å². The third-order valence-electron chi connectivity index (χ3n) is 3.53. The highest BCUT2D eigenvalue weighted by Gasteiger charge is 2.13. The van der Waals surface area contributed by atoms with Crippen LogP contribution in [0.2, 0.25) is 0 Å². The second-order valence-corrected chi connectivity index (χ2v) is 5.13. The predicted octanol–water partition coefficient (Wildman–Crippen LogP) is 3.18. The van der Waals surface area contributed by atoms with Gasteiger partial charge in [0.2, 0.25) is 0 Å². The van der Waals surface area contributed by atoms with E-state index in [1.807, 2.05) is 36.5 Å². The van der Waals surface area contributed by atoms with E-state index in [1.165, 1.54) is 18.2 Å². The highest BCUT2D eigenvalue weighted by atomic mass is 19.1. The number of hydrogen-bond donors (Lipinski definition) is 1. The molecule has 0 bridgehead atoms. The van der Waals surface area contributed by atoms with Gasteiger partial charge in [0.25, 0.3) is 5.78 Å². The lowest BCUT2D eigenvalue weighted by Crippen LogP contribution is -1.93. The zero-order valence-corrected chi connectivity index (χ0v) is 12.0. The van der Waals surface area contributed by atoms with Gasteiger partial charge >= 0.3 is 0 Å². The Balaban J connectivity index is 1.84. The molecule has 4 rings (SSSR count). The number of nitrogens with zero attached hydrogens (tertiary/aromatic N) is 4. The highest BCUT2D eigenvalue weighted by molar-refractivity contribution is 5.65. The van der Waals surface area contributed by atoms with Crippen LogP contribution >= 0.6 is 0 Å². The number of aromatic nitrogens is 4. The van der Waals surface area contributed by atoms with Crippen molar-refractivity contribution in [1.82, 2.24) is 19.6 Å². The molecule has 23 heavy (non-hydrogen) atoms. The molecule has 112 valence electrons. The van der Waals surface area contributed by atoms with Crippen molar-refractivity contribution in [3.05, 3.63) is 66.7 Å². The van der Waals surface area contributed by atoms with Crippen molar-refractivity contribution in [1.29, 1.82) is 0 Å². The monoisotopic (exact) mass is 305 g/mol. The van der Waals surface area contributed by atoms with Crippen molar-refractivity contribution in [2.24, 2.45) is 0 Å². The largest absolute Gasteiger partial charge is 0.399 e. The Bertz CT molecular complexity index is 994. The Morgan fingerprint density at radius 2 is 1.83 bits per heavy atom. The first-order valence-electron chi connectivity index (χ1n) is 7.04. The molecule has 0 saturated heterocycles. The van der Waals surface area contributed by atoms with Gasteiger partial charge in [-0.3, -0.25) is 0 Å². The van der Waals surface area contributed by atoms with E-state index in [2.05, 4.69) is 15.1 Å². The SMILES string of the molecule is Nc1ccc(F)c(-c2nc3ncc(-c4ccccc4)cn3n2)c1. The van der Waals surface area contributed by atoms with Crippen molar-refractivity contribution < 1.29 is 4.39 Å². The number of rotatable bonds is 2. The highest BCUT2D eigenvalue weighted by Crippen LogP contribution is 2.23. The maximum Gasteiger partial charge on any atom is 0.252 e. The van der Waals surface area contributed by atoms with Crippen LogP contribution < -0.4 is 5.73 Å². The molecule has 0 aliphatic carbocycles. The van der Waals surface area contributed by atoms with E-state index in [0.717, 1.165) is 11.1 Å². The van der Waals surface area contributed by atoms with Gasteiger partial charge in [-0.05, 0) is 23.8 Å². The Morgan fingerprint density at radius 3 is 2.65 bits per heavy atom. The fourth-order valence-electron chi connectivity index (χ4n) is 2.39. The first kappa shape index (κ1) is 13.4. The standard InChI is InChI=1S/C17H12FN5/c18-15-7-6-13(19)8-14(15)16-21-17-20-9-12(10-23(17)22-16)11-4-2-1-3-5-11/h1-10H,19H2. The summed E-state index contributed by atoms with van der Waals surface area (Å²) in [4.78, 5) is 8.56. The van der Waals surface area contributed by atoms with Crippen molar-refractivity contribution in [2.75, 3.05) is 5.73 Å². The average Bonchev–Trinajstić information content (AvgIpc) is 3.00. The van der Waals surface area contributed by atoms with Crippen molar-refractivity contribution in [2.45, 2.75) is 0 Å². The van der Waals surface area contributed by atoms with Gasteiger partial charge in [0, 0.05) is 23.6 Å². The number of hydrogen-bond acceptors (Lipinski definition) is 4. The van der Waals surface area contributed by atoms with Gasteiger partial charge in [-0.15, -0.1) is 5.10 Å². The second kappa shape index (κ2) is 5.17. The van der Waals surface area contributed by atoms with Gasteiger partial charge in [-0.2, -0.15) is 4.98 Å². The van der Waals surface area contributed by atoms with Crippen molar-refractivity contribution in [3.8, 4) is 22.5 Å². The molecule has 0 atom stereocenters. The quantitative estimate of drug-likeness (QED) is 0.577. The summed E-state index contributed by atoms with van der Waals surface area (Å²) in [5, 5.41) is 4.32. The number of halogens is 1. The number of fused-ring (bicyclic) bond motifs is 1. The Labute approximate surface area is 131 Å². The fourth-order valence-corrected chi connectivity index (χ4v) is 2.39. The van der Waals surface area contributed by atoms with Gasteiger partial charge in [-0.1, -0.05) is 30.3 Å². The number of nitrogen functional groups attached to an aromatic ring is 1. The third kappa shape index (κ3) is 2.40. The molecule has 4 aromatic rings. The molecule has 6 heteroatoms. The normalized spacial score (nSPS) is 11.0. The van der Waals surface area contributed by atoms with Crippen LogP contribution in [0.15, 0.2) is 60.9 Å². The molecule has 2 N–H and O–H groups in total. The summed E-state index contributed by atoms with van der Waals surface area (Å²) < 4.78 is 15.5. The molecule has 0 aliphatic rings. The lowest BCUT2D eigenvalue weighted by Gasteiger charge is -2.00. The Kier molecular flexibility index (Phi) is 3.01. The van der Waals surface area contributed by atoms with E-state index in [1.54, 1.807) is 10.7 Å². The molecule has 2 aromatic heterocycles. The smallest absolute Gasteiger partial charge is 0.252 e. The summed E-state index contributed by atoms with van der Waals surface area (Å²) in [5.41, 5.74) is 8.36. The molecule has 5 nitrogen and oxygen atoms in total. The van der Waals surface area contributed by atoms with E-state index in [9.17, 15) is 4.39 Å². The Hall–Kier alpha value is -3.28. The second-order valence-electron chi connectivity index (χ2n) is 5.13. The molecule has 0 spiro atoms. The van der Waals surface area contributed by atoms with Gasteiger partial charge in [0.15, 0.2) is 5.82 Å². The topological polar surface area (TPSA) is 69.1 Å². The number of benzene rings is 2. The van der Waals surface area contributed by atoms with Gasteiger partial charge in [0.05, 0.1) is 5.56 Å². The molecule has 0 amide bonds. The van der Waals surface area contributed by atoms with E-state index in [4.69, 9.17) is 5.73 Å². The minimum Gasteiger partial charge on any atom is -0.399 e. The van der Waals surface area contributed by atoms with Crippen LogP contribution in [0.3, 0.4) is 0 Å². The predicted molar refractivity (Wildman–Crippen MR) is 86.0 cm³/mol. The number of nitrogens with two attached hydrogens (primary N) is 1.